The summed E-state index contributed by atoms with van der Waals surface area (Å²) in [5.74, 6) is -0.728. The summed E-state index contributed by atoms with van der Waals surface area (Å²) < 4.78 is 34.4. The van der Waals surface area contributed by atoms with Gasteiger partial charge in [-0.3, -0.25) is 14.7 Å². The van der Waals surface area contributed by atoms with E-state index in [4.69, 9.17) is 4.74 Å². The molecule has 5 rings (SSSR count). The van der Waals surface area contributed by atoms with Gasteiger partial charge in [0, 0.05) is 30.9 Å². The smallest absolute Gasteiger partial charge is 0.326 e. The molecule has 3 aromatic carbocycles. The molecule has 13 heteroatoms. The van der Waals surface area contributed by atoms with Crippen molar-refractivity contribution in [2.45, 2.75) is 17.4 Å². The molecule has 5 N–H and O–H groups in total. The molecule has 0 bridgehead atoms. The van der Waals surface area contributed by atoms with Gasteiger partial charge in [0.2, 0.25) is 10.0 Å². The van der Waals surface area contributed by atoms with Gasteiger partial charge in [-0.1, -0.05) is 48.5 Å². The molecule has 0 aliphatic heterocycles. The number of benzene rings is 3. The number of aromatic amines is 2. The summed E-state index contributed by atoms with van der Waals surface area (Å²) in [5, 5.41) is 13.0. The first kappa shape index (κ1) is 28.5. The second-order valence-electron chi connectivity index (χ2n) is 9.30. The Morgan fingerprint density at radius 2 is 1.74 bits per heavy atom. The van der Waals surface area contributed by atoms with E-state index in [2.05, 4.69) is 35.5 Å². The van der Waals surface area contributed by atoms with Crippen molar-refractivity contribution >= 4 is 38.8 Å². The Morgan fingerprint density at radius 3 is 2.50 bits per heavy atom. The lowest BCUT2D eigenvalue weighted by atomic mass is 10.1. The third kappa shape index (κ3) is 7.00. The van der Waals surface area contributed by atoms with Crippen molar-refractivity contribution in [2.24, 2.45) is 0 Å². The first-order valence-corrected chi connectivity index (χ1v) is 14.7. The fraction of sp³-hybridized carbons (Fsp3) is 0.172. The third-order valence-electron chi connectivity index (χ3n) is 6.41. The Kier molecular flexibility index (Phi) is 8.90. The number of aromatic nitrogens is 4. The summed E-state index contributed by atoms with van der Waals surface area (Å²) in [5.41, 5.74) is 2.78. The first-order valence-electron chi connectivity index (χ1n) is 13.2. The number of amides is 1. The molecule has 1 unspecified atom stereocenters. The Morgan fingerprint density at radius 1 is 0.952 bits per heavy atom. The number of ether oxygens (including phenoxy) is 1. The normalized spacial score (nSPS) is 12.1. The highest BCUT2D eigenvalue weighted by Crippen LogP contribution is 2.21. The first-order chi connectivity index (χ1) is 20.4. The molecule has 2 heterocycles. The zero-order valence-corrected chi connectivity index (χ0v) is 23.2. The van der Waals surface area contributed by atoms with E-state index in [0.29, 0.717) is 35.4 Å². The Bertz CT molecular complexity index is 1740. The SMILES string of the molecule is O=C(NCC(NS(=O)(=O)c1ccc(-c2ccccc2)cc1)C(=O)OCCCNc1ncc[nH]1)c1cccc2[nH]ncc12. The van der Waals surface area contributed by atoms with E-state index in [1.54, 1.807) is 42.7 Å². The summed E-state index contributed by atoms with van der Waals surface area (Å²) in [7, 11) is -4.15. The molecule has 0 aliphatic carbocycles. The van der Waals surface area contributed by atoms with Crippen molar-refractivity contribution in [3.05, 3.63) is 97.0 Å². The lowest BCUT2D eigenvalue weighted by Crippen LogP contribution is -2.49. The predicted octanol–water partition coefficient (Wildman–Crippen LogP) is 3.08. The molecule has 0 aliphatic rings. The fourth-order valence-corrected chi connectivity index (χ4v) is 5.44. The van der Waals surface area contributed by atoms with E-state index < -0.39 is 27.9 Å². The van der Waals surface area contributed by atoms with Crippen LogP contribution in [0.25, 0.3) is 22.0 Å². The van der Waals surface area contributed by atoms with Gasteiger partial charge in [-0.2, -0.15) is 9.82 Å². The molecule has 42 heavy (non-hydrogen) atoms. The number of carbonyl (C=O) groups excluding carboxylic acids is 2. The van der Waals surface area contributed by atoms with Crippen LogP contribution in [0.1, 0.15) is 16.8 Å². The minimum absolute atomic E-state index is 0.0266. The second kappa shape index (κ2) is 13.1. The second-order valence-corrected chi connectivity index (χ2v) is 11.0. The molecule has 216 valence electrons. The number of esters is 1. The number of carbonyl (C=O) groups is 2. The largest absolute Gasteiger partial charge is 0.464 e. The molecule has 0 saturated heterocycles. The van der Waals surface area contributed by atoms with Crippen molar-refractivity contribution in [3.63, 3.8) is 0 Å². The van der Waals surface area contributed by atoms with Gasteiger partial charge < -0.3 is 20.4 Å². The molecule has 1 amide bonds. The zero-order chi connectivity index (χ0) is 29.4. The molecular formula is C29H29N7O5S. The van der Waals surface area contributed by atoms with E-state index in [1.165, 1.54) is 18.3 Å². The molecule has 0 radical (unpaired) electrons. The van der Waals surface area contributed by atoms with Gasteiger partial charge in [-0.15, -0.1) is 0 Å². The molecule has 0 spiro atoms. The van der Waals surface area contributed by atoms with Gasteiger partial charge in [0.1, 0.15) is 6.04 Å². The quantitative estimate of drug-likeness (QED) is 0.103. The number of fused-ring (bicyclic) bond motifs is 1. The summed E-state index contributed by atoms with van der Waals surface area (Å²) in [4.78, 5) is 33.0. The van der Waals surface area contributed by atoms with Crippen LogP contribution < -0.4 is 15.4 Å². The van der Waals surface area contributed by atoms with E-state index in [0.717, 1.165) is 11.1 Å². The average Bonchev–Trinajstić information content (AvgIpc) is 3.72. The predicted molar refractivity (Wildman–Crippen MR) is 157 cm³/mol. The minimum atomic E-state index is -4.15. The standard InChI is InChI=1S/C29H29N7O5S/c37-27(23-8-4-9-25-24(23)18-34-35-25)33-19-26(28(38)41-17-5-14-30-29-31-15-16-32-29)36-42(39,40)22-12-10-21(11-13-22)20-6-2-1-3-7-20/h1-4,6-13,15-16,18,26,36H,5,14,17,19H2,(H,33,37)(H,34,35)(H2,30,31,32). The van der Waals surface area contributed by atoms with Crippen LogP contribution >= 0.6 is 0 Å². The summed E-state index contributed by atoms with van der Waals surface area (Å²) in [6.07, 6.45) is 5.25. The topological polar surface area (TPSA) is 171 Å². The summed E-state index contributed by atoms with van der Waals surface area (Å²) >= 11 is 0. The van der Waals surface area contributed by atoms with E-state index in [9.17, 15) is 18.0 Å². The van der Waals surface area contributed by atoms with Crippen molar-refractivity contribution in [2.75, 3.05) is 25.0 Å². The van der Waals surface area contributed by atoms with Gasteiger partial charge >= 0.3 is 5.97 Å². The van der Waals surface area contributed by atoms with Gasteiger partial charge in [0.05, 0.1) is 28.8 Å². The number of nitrogens with one attached hydrogen (secondary N) is 5. The number of H-pyrrole nitrogens is 2. The van der Waals surface area contributed by atoms with Crippen LogP contribution in [0.4, 0.5) is 5.95 Å². The number of hydrogen-bond donors (Lipinski definition) is 5. The number of hydrogen-bond acceptors (Lipinski definition) is 8. The summed E-state index contributed by atoms with van der Waals surface area (Å²) in [6, 6.07) is 19.5. The van der Waals surface area contributed by atoms with Gasteiger partial charge in [-0.25, -0.2) is 13.4 Å². The van der Waals surface area contributed by atoms with Crippen LogP contribution in [0.2, 0.25) is 0 Å². The molecular weight excluding hydrogens is 558 g/mol. The Balaban J connectivity index is 1.27. The van der Waals surface area contributed by atoms with Gasteiger partial charge in [0.15, 0.2) is 5.95 Å². The number of imidazole rings is 1. The maximum atomic E-state index is 13.3. The Hall–Kier alpha value is -5.01. The highest BCUT2D eigenvalue weighted by Gasteiger charge is 2.28. The molecule has 1 atom stereocenters. The Labute approximate surface area is 242 Å². The van der Waals surface area contributed by atoms with Crippen LogP contribution in [0.3, 0.4) is 0 Å². The van der Waals surface area contributed by atoms with Gasteiger partial charge in [-0.05, 0) is 41.8 Å². The molecule has 0 fully saturated rings. The zero-order valence-electron chi connectivity index (χ0n) is 22.4. The third-order valence-corrected chi connectivity index (χ3v) is 7.89. The lowest BCUT2D eigenvalue weighted by Gasteiger charge is -2.19. The molecule has 2 aromatic heterocycles. The van der Waals surface area contributed by atoms with Crippen LogP contribution in [-0.2, 0) is 19.6 Å². The monoisotopic (exact) mass is 587 g/mol. The fourth-order valence-electron chi connectivity index (χ4n) is 4.26. The van der Waals surface area contributed by atoms with Crippen LogP contribution in [-0.4, -0.2) is 66.2 Å². The van der Waals surface area contributed by atoms with Crippen LogP contribution in [0.15, 0.2) is 96.3 Å². The highest BCUT2D eigenvalue weighted by molar-refractivity contribution is 7.89. The summed E-state index contributed by atoms with van der Waals surface area (Å²) in [6.45, 7) is 0.160. The molecule has 0 saturated carbocycles. The average molecular weight is 588 g/mol. The van der Waals surface area contributed by atoms with E-state index in [1.807, 2.05) is 30.3 Å². The number of anilines is 1. The lowest BCUT2D eigenvalue weighted by molar-refractivity contribution is -0.145. The van der Waals surface area contributed by atoms with Crippen molar-refractivity contribution in [1.82, 2.24) is 30.2 Å². The molecule has 5 aromatic rings. The van der Waals surface area contributed by atoms with Crippen molar-refractivity contribution in [1.29, 1.82) is 0 Å². The number of sulfonamides is 1. The van der Waals surface area contributed by atoms with E-state index >= 15 is 0 Å². The van der Waals surface area contributed by atoms with Crippen LogP contribution in [0.5, 0.6) is 0 Å². The highest BCUT2D eigenvalue weighted by atomic mass is 32.2. The maximum Gasteiger partial charge on any atom is 0.326 e. The van der Waals surface area contributed by atoms with Gasteiger partial charge in [0.25, 0.3) is 5.91 Å². The van der Waals surface area contributed by atoms with Crippen LogP contribution in [0, 0.1) is 0 Å². The van der Waals surface area contributed by atoms with Crippen molar-refractivity contribution in [3.8, 4) is 11.1 Å². The van der Waals surface area contributed by atoms with E-state index in [-0.39, 0.29) is 18.0 Å². The molecule has 12 nitrogen and oxygen atoms in total. The maximum absolute atomic E-state index is 13.3. The minimum Gasteiger partial charge on any atom is -0.464 e. The number of rotatable bonds is 13. The van der Waals surface area contributed by atoms with Crippen molar-refractivity contribution < 1.29 is 22.7 Å². The number of nitrogens with zero attached hydrogens (tertiary/aromatic N) is 2.